The van der Waals surface area contributed by atoms with E-state index in [9.17, 15) is 30.3 Å². The first kappa shape index (κ1) is 49.6. The average Bonchev–Trinajstić information content (AvgIpc) is 3.17. The van der Waals surface area contributed by atoms with Crippen LogP contribution in [0.5, 0.6) is 0 Å². The highest BCUT2D eigenvalue weighted by Gasteiger charge is 2.44. The number of unbranched alkanes of at least 4 members (excludes halogenated alkanes) is 11. The fourth-order valence-corrected chi connectivity index (χ4v) is 6.18. The summed E-state index contributed by atoms with van der Waals surface area (Å²) in [6, 6.07) is -0.761. The van der Waals surface area contributed by atoms with Crippen LogP contribution in [0.4, 0.5) is 0 Å². The molecule has 1 rings (SSSR count). The summed E-state index contributed by atoms with van der Waals surface area (Å²) in [6.45, 7) is 3.64. The molecule has 0 aromatic carbocycles. The molecule has 0 saturated carbocycles. The van der Waals surface area contributed by atoms with Crippen LogP contribution in [-0.2, 0) is 14.3 Å². The summed E-state index contributed by atoms with van der Waals surface area (Å²) in [5.74, 6) is -0.231. The van der Waals surface area contributed by atoms with Gasteiger partial charge in [-0.05, 0) is 51.4 Å². The molecule has 0 bridgehead atoms. The van der Waals surface area contributed by atoms with Crippen LogP contribution in [0.15, 0.2) is 72.9 Å². The van der Waals surface area contributed by atoms with Crippen molar-refractivity contribution >= 4 is 5.91 Å². The number of ether oxygens (including phenoxy) is 2. The Morgan fingerprint density at radius 1 is 0.648 bits per heavy atom. The number of hydrogen-bond acceptors (Lipinski definition) is 8. The van der Waals surface area contributed by atoms with Gasteiger partial charge < -0.3 is 40.3 Å². The van der Waals surface area contributed by atoms with E-state index in [-0.39, 0.29) is 18.9 Å². The Balaban J connectivity index is 2.44. The normalized spacial score (nSPS) is 22.2. The molecule has 0 radical (unpaired) electrons. The van der Waals surface area contributed by atoms with Crippen LogP contribution in [0.25, 0.3) is 0 Å². The van der Waals surface area contributed by atoms with Crippen molar-refractivity contribution in [3.63, 3.8) is 0 Å². The number of allylic oxidation sites excluding steroid dienone is 12. The molecule has 0 spiro atoms. The highest BCUT2D eigenvalue weighted by molar-refractivity contribution is 5.76. The van der Waals surface area contributed by atoms with E-state index in [2.05, 4.69) is 79.9 Å². The van der Waals surface area contributed by atoms with Gasteiger partial charge in [0, 0.05) is 6.42 Å². The van der Waals surface area contributed by atoms with E-state index < -0.39 is 49.5 Å². The fourth-order valence-electron chi connectivity index (χ4n) is 6.18. The lowest BCUT2D eigenvalue weighted by Crippen LogP contribution is -2.60. The Kier molecular flexibility index (Phi) is 32.2. The van der Waals surface area contributed by atoms with Crippen LogP contribution in [0.3, 0.4) is 0 Å². The minimum absolute atomic E-state index is 0.173. The molecule has 1 amide bonds. The number of carbonyl (C=O) groups is 1. The van der Waals surface area contributed by atoms with Crippen molar-refractivity contribution < 1.29 is 39.8 Å². The zero-order chi connectivity index (χ0) is 39.5. The maximum Gasteiger partial charge on any atom is 0.220 e. The molecule has 1 fully saturated rings. The molecule has 7 unspecified atom stereocenters. The lowest BCUT2D eigenvalue weighted by molar-refractivity contribution is -0.302. The third-order valence-electron chi connectivity index (χ3n) is 9.59. The predicted molar refractivity (Wildman–Crippen MR) is 221 cm³/mol. The smallest absolute Gasteiger partial charge is 0.220 e. The zero-order valence-corrected chi connectivity index (χ0v) is 33.7. The third-order valence-corrected chi connectivity index (χ3v) is 9.59. The van der Waals surface area contributed by atoms with Crippen LogP contribution in [0.1, 0.15) is 149 Å². The van der Waals surface area contributed by atoms with Crippen LogP contribution in [0.2, 0.25) is 0 Å². The van der Waals surface area contributed by atoms with Gasteiger partial charge in [0.15, 0.2) is 6.29 Å². The summed E-state index contributed by atoms with van der Waals surface area (Å²) in [5.41, 5.74) is 0. The van der Waals surface area contributed by atoms with Crippen molar-refractivity contribution in [2.24, 2.45) is 0 Å². The number of hydrogen-bond donors (Lipinski definition) is 6. The number of carbonyl (C=O) groups excluding carboxylic acids is 1. The van der Waals surface area contributed by atoms with Crippen molar-refractivity contribution in [1.29, 1.82) is 0 Å². The molecule has 1 saturated heterocycles. The van der Waals surface area contributed by atoms with Gasteiger partial charge >= 0.3 is 0 Å². The van der Waals surface area contributed by atoms with Crippen molar-refractivity contribution in [3.8, 4) is 0 Å². The summed E-state index contributed by atoms with van der Waals surface area (Å²) in [4.78, 5) is 12.9. The summed E-state index contributed by atoms with van der Waals surface area (Å²) >= 11 is 0. The fraction of sp³-hybridized carbons (Fsp3) is 0.711. The molecular formula is C45H77NO8. The first-order chi connectivity index (χ1) is 26.3. The minimum atomic E-state index is -1.57. The molecule has 6 N–H and O–H groups in total. The molecule has 0 aromatic rings. The monoisotopic (exact) mass is 760 g/mol. The Hall–Kier alpha value is -2.37. The Morgan fingerprint density at radius 2 is 1.11 bits per heavy atom. The van der Waals surface area contributed by atoms with Crippen LogP contribution in [-0.4, -0.2) is 87.5 Å². The topological polar surface area (TPSA) is 149 Å². The molecule has 9 nitrogen and oxygen atoms in total. The summed E-state index contributed by atoms with van der Waals surface area (Å²) in [7, 11) is 0. The van der Waals surface area contributed by atoms with Gasteiger partial charge in [0.1, 0.15) is 24.4 Å². The molecule has 0 aromatic heterocycles. The molecule has 0 aliphatic carbocycles. The summed E-state index contributed by atoms with van der Waals surface area (Å²) < 4.78 is 11.2. The van der Waals surface area contributed by atoms with Crippen molar-refractivity contribution in [2.45, 2.75) is 192 Å². The van der Waals surface area contributed by atoms with E-state index in [0.29, 0.717) is 12.8 Å². The number of nitrogens with one attached hydrogen (secondary N) is 1. The SMILES string of the molecule is CC/C=C\C/C=C\C/C=C\C/C=C\C/C=C\C/C=C\CCC(=O)NC(COC1OC(CO)C(O)C(O)C1O)C(O)CCCCCCCCCCCCCC. The van der Waals surface area contributed by atoms with Crippen molar-refractivity contribution in [1.82, 2.24) is 5.32 Å². The van der Waals surface area contributed by atoms with E-state index in [1.54, 1.807) is 0 Å². The molecule has 1 aliphatic rings. The quantitative estimate of drug-likeness (QED) is 0.0290. The first-order valence-electron chi connectivity index (χ1n) is 21.1. The molecule has 9 heteroatoms. The second-order valence-corrected chi connectivity index (χ2v) is 14.4. The molecule has 54 heavy (non-hydrogen) atoms. The average molecular weight is 760 g/mol. The maximum absolute atomic E-state index is 12.9. The molecular weight excluding hydrogens is 682 g/mol. The molecule has 1 aliphatic heterocycles. The largest absolute Gasteiger partial charge is 0.394 e. The number of amides is 1. The Labute approximate surface area is 328 Å². The highest BCUT2D eigenvalue weighted by atomic mass is 16.7. The number of aliphatic hydroxyl groups is 5. The molecule has 7 atom stereocenters. The number of aliphatic hydroxyl groups excluding tert-OH is 5. The van der Waals surface area contributed by atoms with E-state index >= 15 is 0 Å². The van der Waals surface area contributed by atoms with Crippen LogP contribution >= 0.6 is 0 Å². The zero-order valence-electron chi connectivity index (χ0n) is 33.7. The van der Waals surface area contributed by atoms with Gasteiger partial charge in [0.25, 0.3) is 0 Å². The standard InChI is InChI=1S/C45H77NO8/c1-3-5-7-9-11-13-15-17-18-19-20-21-22-23-25-27-29-31-33-35-41(49)46-38(37-53-45-44(52)43(51)42(50)40(36-47)54-45)39(48)34-32-30-28-26-24-16-14-12-10-8-6-4-2/h5,7,11,13,17-18,20-21,23,25,29,31,38-40,42-45,47-48,50-52H,3-4,6,8-10,12,14-16,19,22,24,26-28,30,32-37H2,1-2H3,(H,46,49)/b7-5-,13-11-,18-17-,21-20-,25-23-,31-29-. The lowest BCUT2D eigenvalue weighted by atomic mass is 9.99. The van der Waals surface area contributed by atoms with E-state index in [1.165, 1.54) is 57.8 Å². The van der Waals surface area contributed by atoms with Gasteiger partial charge in [-0.3, -0.25) is 4.79 Å². The maximum atomic E-state index is 12.9. The molecule has 310 valence electrons. The molecule has 1 heterocycles. The van der Waals surface area contributed by atoms with Crippen LogP contribution < -0.4 is 5.32 Å². The second-order valence-electron chi connectivity index (χ2n) is 14.4. The van der Waals surface area contributed by atoms with Gasteiger partial charge in [-0.15, -0.1) is 0 Å². The van der Waals surface area contributed by atoms with Gasteiger partial charge in [-0.1, -0.05) is 164 Å². The van der Waals surface area contributed by atoms with Gasteiger partial charge in [0.05, 0.1) is 25.4 Å². The summed E-state index contributed by atoms with van der Waals surface area (Å²) in [6.07, 6.45) is 39.2. The number of rotatable bonds is 33. The Bertz CT molecular complexity index is 1070. The summed E-state index contributed by atoms with van der Waals surface area (Å²) in [5, 5.41) is 54.1. The predicted octanol–water partition coefficient (Wildman–Crippen LogP) is 8.22. The highest BCUT2D eigenvalue weighted by Crippen LogP contribution is 2.23. The van der Waals surface area contributed by atoms with E-state index in [1.807, 2.05) is 12.2 Å². The van der Waals surface area contributed by atoms with Gasteiger partial charge in [0.2, 0.25) is 5.91 Å². The second kappa shape index (κ2) is 35.1. The van der Waals surface area contributed by atoms with Crippen LogP contribution in [0, 0.1) is 0 Å². The van der Waals surface area contributed by atoms with E-state index in [0.717, 1.165) is 57.8 Å². The Morgan fingerprint density at radius 3 is 1.59 bits per heavy atom. The third kappa shape index (κ3) is 25.7. The van der Waals surface area contributed by atoms with E-state index in [4.69, 9.17) is 9.47 Å². The lowest BCUT2D eigenvalue weighted by Gasteiger charge is -2.40. The van der Waals surface area contributed by atoms with Crippen molar-refractivity contribution in [2.75, 3.05) is 13.2 Å². The van der Waals surface area contributed by atoms with Crippen molar-refractivity contribution in [3.05, 3.63) is 72.9 Å². The van der Waals surface area contributed by atoms with Gasteiger partial charge in [-0.2, -0.15) is 0 Å². The van der Waals surface area contributed by atoms with Gasteiger partial charge in [-0.25, -0.2) is 0 Å². The minimum Gasteiger partial charge on any atom is -0.394 e. The first-order valence-corrected chi connectivity index (χ1v) is 21.1.